The van der Waals surface area contributed by atoms with Crippen molar-refractivity contribution < 1.29 is 0 Å². The topological polar surface area (TPSA) is 46.5 Å². The first-order chi connectivity index (χ1) is 25.8. The van der Waals surface area contributed by atoms with Crippen molar-refractivity contribution in [3.63, 3.8) is 0 Å². The number of pyridine rings is 1. The average Bonchev–Trinajstić information content (AvgIpc) is 3.74. The average molecular weight is 663 g/mol. The van der Waals surface area contributed by atoms with Gasteiger partial charge in [-0.3, -0.25) is 0 Å². The van der Waals surface area contributed by atoms with Crippen molar-refractivity contribution in [1.82, 2.24) is 14.1 Å². The van der Waals surface area contributed by atoms with Gasteiger partial charge in [0.05, 0.1) is 50.4 Å². The molecule has 0 amide bonds. The van der Waals surface area contributed by atoms with Gasteiger partial charge in [0.2, 0.25) is 0 Å². The molecule has 0 spiro atoms. The molecule has 4 heteroatoms. The fourth-order valence-electron chi connectivity index (χ4n) is 7.89. The highest BCUT2D eigenvalue weighted by Crippen LogP contribution is 2.44. The molecular formula is C48H30N4. The van der Waals surface area contributed by atoms with Crippen LogP contribution in [0.2, 0.25) is 0 Å². The molecule has 0 aliphatic rings. The Morgan fingerprint density at radius 1 is 0.423 bits per heavy atom. The van der Waals surface area contributed by atoms with Crippen LogP contribution < -0.4 is 0 Å². The molecule has 3 aromatic heterocycles. The Bertz CT molecular complexity index is 2960. The van der Waals surface area contributed by atoms with Crippen LogP contribution in [0.15, 0.2) is 182 Å². The van der Waals surface area contributed by atoms with Gasteiger partial charge in [0.15, 0.2) is 0 Å². The van der Waals surface area contributed by atoms with Crippen LogP contribution in [0.3, 0.4) is 0 Å². The van der Waals surface area contributed by atoms with Crippen LogP contribution >= 0.6 is 0 Å². The Kier molecular flexibility index (Phi) is 6.84. The number of aromatic nitrogens is 3. The Labute approximate surface area is 300 Å². The maximum absolute atomic E-state index is 10.2. The molecule has 0 bridgehead atoms. The molecule has 52 heavy (non-hydrogen) atoms. The summed E-state index contributed by atoms with van der Waals surface area (Å²) >= 11 is 0. The number of fused-ring (bicyclic) bond motifs is 7. The van der Waals surface area contributed by atoms with E-state index in [1.807, 2.05) is 36.4 Å². The number of benzene rings is 7. The molecule has 0 atom stereocenters. The molecule has 0 aliphatic heterocycles. The van der Waals surface area contributed by atoms with Gasteiger partial charge in [-0.05, 0) is 54.1 Å². The van der Waals surface area contributed by atoms with Crippen molar-refractivity contribution in [3.8, 4) is 51.1 Å². The van der Waals surface area contributed by atoms with Crippen LogP contribution in [0.1, 0.15) is 5.56 Å². The SMILES string of the molecule is N#Cc1ccccc1-n1c2ccccc2c2c1ccc1c3ccccc3n(-c3ccccc3-c3cc(-c4ccccc4)nc(-c4ccccc4)c3)c12. The van der Waals surface area contributed by atoms with Gasteiger partial charge in [0.1, 0.15) is 6.07 Å². The summed E-state index contributed by atoms with van der Waals surface area (Å²) in [6.07, 6.45) is 0. The molecule has 4 nitrogen and oxygen atoms in total. The zero-order valence-electron chi connectivity index (χ0n) is 28.1. The molecule has 0 unspecified atom stereocenters. The fraction of sp³-hybridized carbons (Fsp3) is 0. The van der Waals surface area contributed by atoms with Gasteiger partial charge in [0.25, 0.3) is 0 Å². The lowest BCUT2D eigenvalue weighted by Gasteiger charge is -2.16. The molecule has 0 saturated heterocycles. The Hall–Kier alpha value is -7.22. The largest absolute Gasteiger partial charge is 0.308 e. The van der Waals surface area contributed by atoms with Crippen molar-refractivity contribution in [2.24, 2.45) is 0 Å². The van der Waals surface area contributed by atoms with E-state index in [4.69, 9.17) is 4.98 Å². The Balaban J connectivity index is 1.32. The normalized spacial score (nSPS) is 11.4. The van der Waals surface area contributed by atoms with E-state index >= 15 is 0 Å². The molecule has 0 saturated carbocycles. The summed E-state index contributed by atoms with van der Waals surface area (Å²) in [6.45, 7) is 0. The molecule has 0 fully saturated rings. The third-order valence-electron chi connectivity index (χ3n) is 10.2. The zero-order valence-corrected chi connectivity index (χ0v) is 28.1. The number of rotatable bonds is 5. The van der Waals surface area contributed by atoms with Gasteiger partial charge in [0, 0.05) is 38.2 Å². The highest BCUT2D eigenvalue weighted by Gasteiger charge is 2.23. The quantitative estimate of drug-likeness (QED) is 0.184. The van der Waals surface area contributed by atoms with Crippen molar-refractivity contribution in [1.29, 1.82) is 5.26 Å². The predicted molar refractivity (Wildman–Crippen MR) is 214 cm³/mol. The second-order valence-electron chi connectivity index (χ2n) is 13.1. The van der Waals surface area contributed by atoms with Crippen molar-refractivity contribution in [2.75, 3.05) is 0 Å². The van der Waals surface area contributed by atoms with Crippen molar-refractivity contribution in [2.45, 2.75) is 0 Å². The van der Waals surface area contributed by atoms with Gasteiger partial charge in [-0.1, -0.05) is 133 Å². The van der Waals surface area contributed by atoms with Crippen LogP contribution in [-0.4, -0.2) is 14.1 Å². The molecule has 3 heterocycles. The molecule has 10 rings (SSSR count). The van der Waals surface area contributed by atoms with E-state index in [1.54, 1.807) is 0 Å². The van der Waals surface area contributed by atoms with Crippen LogP contribution in [0.4, 0.5) is 0 Å². The van der Waals surface area contributed by atoms with E-state index in [1.165, 1.54) is 10.8 Å². The van der Waals surface area contributed by atoms with E-state index in [-0.39, 0.29) is 0 Å². The van der Waals surface area contributed by atoms with Gasteiger partial charge in [-0.15, -0.1) is 0 Å². The third-order valence-corrected chi connectivity index (χ3v) is 10.2. The molecule has 7 aromatic carbocycles. The highest BCUT2D eigenvalue weighted by atomic mass is 15.0. The highest BCUT2D eigenvalue weighted by molar-refractivity contribution is 6.26. The van der Waals surface area contributed by atoms with Crippen LogP contribution in [0.25, 0.3) is 88.6 Å². The van der Waals surface area contributed by atoms with E-state index < -0.39 is 0 Å². The van der Waals surface area contributed by atoms with Gasteiger partial charge in [-0.25, -0.2) is 4.98 Å². The third kappa shape index (κ3) is 4.57. The van der Waals surface area contributed by atoms with E-state index in [9.17, 15) is 5.26 Å². The van der Waals surface area contributed by atoms with Crippen LogP contribution in [0.5, 0.6) is 0 Å². The molecular weight excluding hydrogens is 633 g/mol. The number of nitrogens with zero attached hydrogens (tertiary/aromatic N) is 4. The monoisotopic (exact) mass is 662 g/mol. The second kappa shape index (κ2) is 12.0. The minimum Gasteiger partial charge on any atom is -0.308 e. The second-order valence-corrected chi connectivity index (χ2v) is 13.1. The summed E-state index contributed by atoms with van der Waals surface area (Å²) in [6, 6.07) is 66.0. The summed E-state index contributed by atoms with van der Waals surface area (Å²) in [5, 5.41) is 14.8. The molecule has 0 radical (unpaired) electrons. The van der Waals surface area contributed by atoms with E-state index in [0.717, 1.165) is 77.9 Å². The zero-order chi connectivity index (χ0) is 34.6. The summed E-state index contributed by atoms with van der Waals surface area (Å²) < 4.78 is 4.69. The summed E-state index contributed by atoms with van der Waals surface area (Å²) in [7, 11) is 0. The molecule has 10 aromatic rings. The maximum atomic E-state index is 10.2. The van der Waals surface area contributed by atoms with E-state index in [0.29, 0.717) is 5.56 Å². The first-order valence-electron chi connectivity index (χ1n) is 17.5. The lowest BCUT2D eigenvalue weighted by Crippen LogP contribution is -1.99. The smallest absolute Gasteiger partial charge is 0.101 e. The standard InChI is InChI=1S/C48H30N4/c49-31-34-19-7-11-23-42(34)51-45-26-14-10-22-39(45)47-46(51)28-27-38-37-21-9-13-25-44(37)52(48(38)47)43-24-12-8-20-36(43)35-29-40(32-15-3-1-4-16-32)50-41(30-35)33-17-5-2-6-18-33/h1-30H. The number of hydrogen-bond acceptors (Lipinski definition) is 2. The molecule has 0 aliphatic carbocycles. The first kappa shape index (κ1) is 29.7. The Morgan fingerprint density at radius 2 is 0.981 bits per heavy atom. The van der Waals surface area contributed by atoms with Gasteiger partial charge < -0.3 is 9.13 Å². The lowest BCUT2D eigenvalue weighted by molar-refractivity contribution is 1.16. The summed E-state index contributed by atoms with van der Waals surface area (Å²) in [5.41, 5.74) is 13.2. The minimum atomic E-state index is 0.636. The fourth-order valence-corrected chi connectivity index (χ4v) is 7.89. The minimum absolute atomic E-state index is 0.636. The summed E-state index contributed by atoms with van der Waals surface area (Å²) in [4.78, 5) is 5.18. The number of nitriles is 1. The molecule has 0 N–H and O–H groups in total. The van der Waals surface area contributed by atoms with Gasteiger partial charge >= 0.3 is 0 Å². The lowest BCUT2D eigenvalue weighted by atomic mass is 9.98. The van der Waals surface area contributed by atoms with E-state index in [2.05, 4.69) is 161 Å². The van der Waals surface area contributed by atoms with Crippen LogP contribution in [0, 0.1) is 11.3 Å². The number of hydrogen-bond donors (Lipinski definition) is 0. The first-order valence-corrected chi connectivity index (χ1v) is 17.5. The van der Waals surface area contributed by atoms with Gasteiger partial charge in [-0.2, -0.15) is 5.26 Å². The summed E-state index contributed by atoms with van der Waals surface area (Å²) in [5.74, 6) is 0. The molecule has 242 valence electrons. The maximum Gasteiger partial charge on any atom is 0.101 e. The number of para-hydroxylation sites is 4. The van der Waals surface area contributed by atoms with Crippen molar-refractivity contribution in [3.05, 3.63) is 188 Å². The predicted octanol–water partition coefficient (Wildman–Crippen LogP) is 12.1. The van der Waals surface area contributed by atoms with Crippen molar-refractivity contribution >= 4 is 43.6 Å². The van der Waals surface area contributed by atoms with Crippen LogP contribution in [-0.2, 0) is 0 Å². The Morgan fingerprint density at radius 3 is 1.67 bits per heavy atom.